The molecule has 0 aromatic heterocycles. The molecular weight excluding hydrogens is 524 g/mol. The number of phenols is 1. The molecule has 1 aliphatic rings. The van der Waals surface area contributed by atoms with E-state index in [-0.39, 0.29) is 40.4 Å². The number of hydrogen-bond donors (Lipinski definition) is 1. The van der Waals surface area contributed by atoms with Gasteiger partial charge in [0, 0.05) is 0 Å². The lowest BCUT2D eigenvalue weighted by Gasteiger charge is -2.40. The molecule has 0 bridgehead atoms. The summed E-state index contributed by atoms with van der Waals surface area (Å²) in [5.41, 5.74) is -0.739. The third-order valence-electron chi connectivity index (χ3n) is 7.75. The second kappa shape index (κ2) is 18.7. The topological polar surface area (TPSA) is 108 Å². The molecule has 0 spiro atoms. The van der Waals surface area contributed by atoms with Gasteiger partial charge in [0.05, 0.1) is 42.0 Å². The number of ether oxygens (including phenoxy) is 4. The minimum absolute atomic E-state index is 0.0547. The van der Waals surface area contributed by atoms with E-state index in [0.717, 1.165) is 51.7 Å². The van der Waals surface area contributed by atoms with E-state index in [2.05, 4.69) is 13.8 Å². The number of carbonyl (C=O) groups excluding carboxylic acids is 3. The molecule has 1 heterocycles. The summed E-state index contributed by atoms with van der Waals surface area (Å²) < 4.78 is 20.7. The summed E-state index contributed by atoms with van der Waals surface area (Å²) >= 11 is 0. The summed E-state index contributed by atoms with van der Waals surface area (Å²) in [7, 11) is 0. The van der Waals surface area contributed by atoms with E-state index < -0.39 is 5.41 Å². The van der Waals surface area contributed by atoms with Gasteiger partial charge in [-0.05, 0) is 84.1 Å². The largest absolute Gasteiger partial charge is 0.508 e. The average Bonchev–Trinajstić information content (AvgIpc) is 2.94. The Morgan fingerprint density at radius 2 is 1.44 bits per heavy atom. The zero-order chi connectivity index (χ0) is 31.7. The van der Waals surface area contributed by atoms with E-state index in [1.54, 1.807) is 12.1 Å². The molecule has 1 saturated heterocycles. The van der Waals surface area contributed by atoms with Crippen LogP contribution in [-0.2, 0) is 28.6 Å². The molecule has 0 amide bonds. The Morgan fingerprint density at radius 3 is 1.85 bits per heavy atom. The Hall–Kier alpha value is -2.61. The van der Waals surface area contributed by atoms with Crippen molar-refractivity contribution in [2.75, 3.05) is 26.4 Å². The van der Waals surface area contributed by atoms with E-state index in [1.807, 2.05) is 55.4 Å². The molecule has 1 aromatic rings. The van der Waals surface area contributed by atoms with Crippen LogP contribution in [0.3, 0.4) is 0 Å². The van der Waals surface area contributed by atoms with Crippen LogP contribution in [0, 0.1) is 22.2 Å². The van der Waals surface area contributed by atoms with Crippen molar-refractivity contribution in [2.45, 2.75) is 108 Å². The molecule has 1 aliphatic heterocycles. The van der Waals surface area contributed by atoms with Gasteiger partial charge in [-0.15, -0.1) is 0 Å². The second-order valence-corrected chi connectivity index (χ2v) is 12.1. The Kier molecular flexibility index (Phi) is 17.6. The second-order valence-electron chi connectivity index (χ2n) is 12.1. The molecule has 41 heavy (non-hydrogen) atoms. The SMILES string of the molecule is CCC(C)(C)C(=O)Oc1ccc(O)cc1.CCC1(COC(=O)C(C)(C)CC)COC1.CCCCOC(=O)C(C)CC. The van der Waals surface area contributed by atoms with Gasteiger partial charge in [0.2, 0.25) is 0 Å². The highest BCUT2D eigenvalue weighted by Gasteiger charge is 2.39. The molecular formula is C33H56O8. The van der Waals surface area contributed by atoms with Crippen molar-refractivity contribution in [3.63, 3.8) is 0 Å². The predicted molar refractivity (Wildman–Crippen MR) is 162 cm³/mol. The standard InChI is InChI=1S/C12H22O3.C12H16O3.C9H18O2/c1-5-11(3,4)10(13)15-9-12(6-2)7-14-8-12;1-4-12(2,3)11(14)15-10-7-5-9(13)6-8-10;1-4-6-7-11-9(10)8(3)5-2/h5-9H2,1-4H3;5-8,13H,4H2,1-3H3;8H,4-7H2,1-3H3. The molecule has 0 saturated carbocycles. The van der Waals surface area contributed by atoms with Gasteiger partial charge < -0.3 is 24.1 Å². The number of phenolic OH excluding ortho intramolecular Hbond substituents is 1. The maximum Gasteiger partial charge on any atom is 0.316 e. The molecule has 0 radical (unpaired) electrons. The minimum atomic E-state index is -0.474. The van der Waals surface area contributed by atoms with E-state index in [1.165, 1.54) is 12.1 Å². The lowest BCUT2D eigenvalue weighted by atomic mass is 9.84. The van der Waals surface area contributed by atoms with Crippen LogP contribution in [0.25, 0.3) is 0 Å². The highest BCUT2D eigenvalue weighted by molar-refractivity contribution is 5.78. The zero-order valence-electron chi connectivity index (χ0n) is 27.3. The smallest absolute Gasteiger partial charge is 0.316 e. The first kappa shape index (κ1) is 38.4. The number of aromatic hydroxyl groups is 1. The normalized spacial score (nSPS) is 14.6. The Bertz CT molecular complexity index is 895. The maximum absolute atomic E-state index is 11.7. The molecule has 236 valence electrons. The molecule has 2 rings (SSSR count). The van der Waals surface area contributed by atoms with Gasteiger partial charge in [-0.1, -0.05) is 48.0 Å². The summed E-state index contributed by atoms with van der Waals surface area (Å²) in [6.07, 6.45) is 5.46. The van der Waals surface area contributed by atoms with Crippen LogP contribution in [0.1, 0.15) is 108 Å². The molecule has 1 unspecified atom stereocenters. The fraction of sp³-hybridized carbons (Fsp3) is 0.727. The van der Waals surface area contributed by atoms with Crippen LogP contribution in [0.5, 0.6) is 11.5 Å². The third kappa shape index (κ3) is 14.2. The van der Waals surface area contributed by atoms with E-state index in [0.29, 0.717) is 19.0 Å². The summed E-state index contributed by atoms with van der Waals surface area (Å²) in [6, 6.07) is 6.11. The van der Waals surface area contributed by atoms with Gasteiger partial charge in [0.15, 0.2) is 0 Å². The first-order valence-electron chi connectivity index (χ1n) is 15.1. The van der Waals surface area contributed by atoms with Crippen molar-refractivity contribution in [3.05, 3.63) is 24.3 Å². The molecule has 8 nitrogen and oxygen atoms in total. The van der Waals surface area contributed by atoms with Crippen LogP contribution in [0.4, 0.5) is 0 Å². The van der Waals surface area contributed by atoms with Crippen molar-refractivity contribution >= 4 is 17.9 Å². The molecule has 0 aliphatic carbocycles. The van der Waals surface area contributed by atoms with Crippen LogP contribution in [-0.4, -0.2) is 49.4 Å². The van der Waals surface area contributed by atoms with E-state index in [9.17, 15) is 14.4 Å². The highest BCUT2D eigenvalue weighted by atomic mass is 16.6. The number of benzene rings is 1. The van der Waals surface area contributed by atoms with Gasteiger partial charge in [-0.25, -0.2) is 0 Å². The van der Waals surface area contributed by atoms with Crippen molar-refractivity contribution in [3.8, 4) is 11.5 Å². The third-order valence-corrected chi connectivity index (χ3v) is 7.75. The molecule has 1 atom stereocenters. The minimum Gasteiger partial charge on any atom is -0.508 e. The van der Waals surface area contributed by atoms with Crippen LogP contribution in [0.2, 0.25) is 0 Å². The summed E-state index contributed by atoms with van der Waals surface area (Å²) in [4.78, 5) is 34.4. The van der Waals surface area contributed by atoms with E-state index in [4.69, 9.17) is 24.1 Å². The lowest BCUT2D eigenvalue weighted by Crippen LogP contribution is -2.47. The fourth-order valence-corrected chi connectivity index (χ4v) is 2.87. The number of carbonyl (C=O) groups is 3. The zero-order valence-corrected chi connectivity index (χ0v) is 27.3. The van der Waals surface area contributed by atoms with Crippen molar-refractivity contribution < 1.29 is 38.4 Å². The summed E-state index contributed by atoms with van der Waals surface area (Å²) in [5.74, 6) is 0.275. The van der Waals surface area contributed by atoms with Crippen molar-refractivity contribution in [1.82, 2.24) is 0 Å². The Labute approximate surface area is 248 Å². The van der Waals surface area contributed by atoms with Gasteiger partial charge >= 0.3 is 17.9 Å². The van der Waals surface area contributed by atoms with Gasteiger partial charge in [0.25, 0.3) is 0 Å². The van der Waals surface area contributed by atoms with Gasteiger partial charge in [-0.2, -0.15) is 0 Å². The summed E-state index contributed by atoms with van der Waals surface area (Å²) in [5, 5.41) is 9.06. The van der Waals surface area contributed by atoms with Crippen LogP contribution >= 0.6 is 0 Å². The van der Waals surface area contributed by atoms with Crippen molar-refractivity contribution in [2.24, 2.45) is 22.2 Å². The summed E-state index contributed by atoms with van der Waals surface area (Å²) in [6.45, 7) is 22.1. The maximum atomic E-state index is 11.7. The van der Waals surface area contributed by atoms with Gasteiger partial charge in [-0.3, -0.25) is 14.4 Å². The van der Waals surface area contributed by atoms with Gasteiger partial charge in [0.1, 0.15) is 18.1 Å². The molecule has 1 fully saturated rings. The van der Waals surface area contributed by atoms with E-state index >= 15 is 0 Å². The first-order chi connectivity index (χ1) is 19.1. The fourth-order valence-electron chi connectivity index (χ4n) is 2.87. The van der Waals surface area contributed by atoms with Crippen molar-refractivity contribution in [1.29, 1.82) is 0 Å². The molecule has 8 heteroatoms. The number of esters is 3. The number of rotatable bonds is 13. The molecule has 1 N–H and O–H groups in total. The Balaban J connectivity index is 0.000000595. The quantitative estimate of drug-likeness (QED) is 0.145. The predicted octanol–water partition coefficient (Wildman–Crippen LogP) is 7.50. The molecule has 1 aromatic carbocycles. The Morgan fingerprint density at radius 1 is 0.902 bits per heavy atom. The number of unbranched alkanes of at least 4 members (excludes halogenated alkanes) is 1. The number of hydrogen-bond acceptors (Lipinski definition) is 8. The van der Waals surface area contributed by atoms with Crippen LogP contribution in [0.15, 0.2) is 24.3 Å². The average molecular weight is 581 g/mol. The monoisotopic (exact) mass is 580 g/mol. The highest BCUT2D eigenvalue weighted by Crippen LogP contribution is 2.32. The lowest BCUT2D eigenvalue weighted by molar-refractivity contribution is -0.178. The first-order valence-corrected chi connectivity index (χ1v) is 15.1. The van der Waals surface area contributed by atoms with Crippen LogP contribution < -0.4 is 4.74 Å².